The minimum Gasteiger partial charge on any atom is -0.341 e. The van der Waals surface area contributed by atoms with Crippen LogP contribution in [0.15, 0.2) is 18.5 Å². The standard InChI is InChI=1S/C13H20N4O2S/c1-2-17-10-11-4-8-16(13-14-6-3-7-15-13)9-5-12(11)20(17,18)19/h3,6-7,11-12H,2,4-5,8-10H2,1H3/t11-,12-/m0/s1. The summed E-state index contributed by atoms with van der Waals surface area (Å²) >= 11 is 0. The van der Waals surface area contributed by atoms with E-state index in [1.54, 1.807) is 22.8 Å². The van der Waals surface area contributed by atoms with Gasteiger partial charge in [-0.05, 0) is 24.8 Å². The predicted octanol–water partition coefficient (Wildman–Crippen LogP) is 0.727. The maximum Gasteiger partial charge on any atom is 0.225 e. The second-order valence-corrected chi connectivity index (χ2v) is 7.56. The Morgan fingerprint density at radius 1 is 1.25 bits per heavy atom. The van der Waals surface area contributed by atoms with Crippen molar-refractivity contribution in [2.45, 2.75) is 25.0 Å². The van der Waals surface area contributed by atoms with Gasteiger partial charge in [0.15, 0.2) is 0 Å². The van der Waals surface area contributed by atoms with Crippen LogP contribution in [0.4, 0.5) is 5.95 Å². The van der Waals surface area contributed by atoms with Gasteiger partial charge in [0.05, 0.1) is 5.25 Å². The summed E-state index contributed by atoms with van der Waals surface area (Å²) in [6.45, 7) is 4.71. The summed E-state index contributed by atoms with van der Waals surface area (Å²) in [7, 11) is -3.10. The van der Waals surface area contributed by atoms with Crippen LogP contribution >= 0.6 is 0 Å². The zero-order valence-electron chi connectivity index (χ0n) is 11.6. The van der Waals surface area contributed by atoms with Gasteiger partial charge >= 0.3 is 0 Å². The maximum absolute atomic E-state index is 12.4. The normalized spacial score (nSPS) is 29.9. The lowest BCUT2D eigenvalue weighted by Crippen LogP contribution is -2.32. The van der Waals surface area contributed by atoms with Crippen molar-refractivity contribution >= 4 is 16.0 Å². The number of rotatable bonds is 2. The van der Waals surface area contributed by atoms with Crippen LogP contribution in [0.25, 0.3) is 0 Å². The number of nitrogens with zero attached hydrogens (tertiary/aromatic N) is 4. The minimum absolute atomic E-state index is 0.226. The lowest BCUT2D eigenvalue weighted by molar-refractivity contribution is 0.398. The van der Waals surface area contributed by atoms with Crippen molar-refractivity contribution in [3.05, 3.63) is 18.5 Å². The van der Waals surface area contributed by atoms with Crippen LogP contribution in [0.1, 0.15) is 19.8 Å². The van der Waals surface area contributed by atoms with Crippen molar-refractivity contribution in [2.75, 3.05) is 31.1 Å². The fraction of sp³-hybridized carbons (Fsp3) is 0.692. The van der Waals surface area contributed by atoms with E-state index in [9.17, 15) is 8.42 Å². The highest BCUT2D eigenvalue weighted by molar-refractivity contribution is 7.90. The smallest absolute Gasteiger partial charge is 0.225 e. The third-order valence-corrected chi connectivity index (χ3v) is 6.86. The molecular weight excluding hydrogens is 276 g/mol. The van der Waals surface area contributed by atoms with Gasteiger partial charge in [-0.25, -0.2) is 22.7 Å². The lowest BCUT2D eigenvalue weighted by Gasteiger charge is -2.21. The highest BCUT2D eigenvalue weighted by atomic mass is 32.2. The number of sulfonamides is 1. The van der Waals surface area contributed by atoms with E-state index in [0.717, 1.165) is 13.0 Å². The molecule has 2 aliphatic heterocycles. The fourth-order valence-electron chi connectivity index (χ4n) is 3.26. The van der Waals surface area contributed by atoms with Gasteiger partial charge < -0.3 is 4.90 Å². The Bertz CT molecular complexity index is 563. The molecule has 2 saturated heterocycles. The van der Waals surface area contributed by atoms with Crippen molar-refractivity contribution in [3.63, 3.8) is 0 Å². The van der Waals surface area contributed by atoms with Crippen LogP contribution in [0.3, 0.4) is 0 Å². The first-order valence-electron chi connectivity index (χ1n) is 7.14. The molecule has 1 aromatic rings. The monoisotopic (exact) mass is 296 g/mol. The molecule has 0 radical (unpaired) electrons. The number of hydrogen-bond donors (Lipinski definition) is 0. The van der Waals surface area contributed by atoms with Gasteiger partial charge in [-0.3, -0.25) is 0 Å². The summed E-state index contributed by atoms with van der Waals surface area (Å²) in [6.07, 6.45) is 5.01. The average molecular weight is 296 g/mol. The second-order valence-electron chi connectivity index (χ2n) is 5.41. The van der Waals surface area contributed by atoms with Crippen molar-refractivity contribution in [3.8, 4) is 0 Å². The molecule has 0 N–H and O–H groups in total. The Balaban J connectivity index is 1.77. The summed E-state index contributed by atoms with van der Waals surface area (Å²) in [5.74, 6) is 0.950. The molecule has 0 amide bonds. The molecule has 0 unspecified atom stereocenters. The molecule has 6 nitrogen and oxygen atoms in total. The first-order valence-corrected chi connectivity index (χ1v) is 8.64. The summed E-state index contributed by atoms with van der Waals surface area (Å²) in [6, 6.07) is 1.79. The quantitative estimate of drug-likeness (QED) is 0.805. The molecule has 2 aliphatic rings. The molecule has 110 valence electrons. The van der Waals surface area contributed by atoms with Gasteiger partial charge in [0, 0.05) is 38.6 Å². The first kappa shape index (κ1) is 13.8. The van der Waals surface area contributed by atoms with E-state index in [0.29, 0.717) is 32.0 Å². The molecule has 0 bridgehead atoms. The second kappa shape index (κ2) is 5.29. The van der Waals surface area contributed by atoms with Crippen LogP contribution in [0.2, 0.25) is 0 Å². The molecule has 7 heteroatoms. The average Bonchev–Trinajstić information content (AvgIpc) is 2.62. The van der Waals surface area contributed by atoms with E-state index < -0.39 is 10.0 Å². The molecule has 0 saturated carbocycles. The largest absolute Gasteiger partial charge is 0.341 e. The molecule has 0 spiro atoms. The lowest BCUT2D eigenvalue weighted by atomic mass is 10.0. The highest BCUT2D eigenvalue weighted by Gasteiger charge is 2.46. The van der Waals surface area contributed by atoms with Crippen LogP contribution < -0.4 is 4.90 Å². The Hall–Kier alpha value is -1.21. The maximum atomic E-state index is 12.4. The molecule has 1 aromatic heterocycles. The fourth-order valence-corrected chi connectivity index (χ4v) is 5.51. The number of anilines is 1. The van der Waals surface area contributed by atoms with Gasteiger partial charge in [-0.1, -0.05) is 6.92 Å². The topological polar surface area (TPSA) is 66.4 Å². The molecule has 20 heavy (non-hydrogen) atoms. The summed E-state index contributed by atoms with van der Waals surface area (Å²) < 4.78 is 26.5. The summed E-state index contributed by atoms with van der Waals surface area (Å²) in [5, 5.41) is -0.226. The zero-order valence-corrected chi connectivity index (χ0v) is 12.5. The Kier molecular flexibility index (Phi) is 3.64. The Morgan fingerprint density at radius 2 is 1.95 bits per heavy atom. The third kappa shape index (κ3) is 2.29. The molecule has 0 aromatic carbocycles. The van der Waals surface area contributed by atoms with Crippen LogP contribution in [0, 0.1) is 5.92 Å². The highest BCUT2D eigenvalue weighted by Crippen LogP contribution is 2.34. The summed E-state index contributed by atoms with van der Waals surface area (Å²) in [4.78, 5) is 10.6. The Morgan fingerprint density at radius 3 is 2.65 bits per heavy atom. The first-order chi connectivity index (χ1) is 9.63. The van der Waals surface area contributed by atoms with Gasteiger partial charge in [-0.2, -0.15) is 0 Å². The molecule has 0 aliphatic carbocycles. The van der Waals surface area contributed by atoms with Gasteiger partial charge in [0.1, 0.15) is 0 Å². The van der Waals surface area contributed by atoms with E-state index in [1.807, 2.05) is 6.92 Å². The van der Waals surface area contributed by atoms with Crippen molar-refractivity contribution in [1.82, 2.24) is 14.3 Å². The van der Waals surface area contributed by atoms with E-state index in [2.05, 4.69) is 14.9 Å². The third-order valence-electron chi connectivity index (χ3n) is 4.35. The van der Waals surface area contributed by atoms with Crippen molar-refractivity contribution in [1.29, 1.82) is 0 Å². The minimum atomic E-state index is -3.10. The molecule has 2 atom stereocenters. The van der Waals surface area contributed by atoms with Gasteiger partial charge in [0.2, 0.25) is 16.0 Å². The van der Waals surface area contributed by atoms with E-state index >= 15 is 0 Å². The SMILES string of the molecule is CCN1C[C@@H]2CCN(c3ncccn3)CC[C@@H]2S1(=O)=O. The number of aromatic nitrogens is 2. The van der Waals surface area contributed by atoms with Gasteiger partial charge in [0.25, 0.3) is 0 Å². The molecule has 2 fully saturated rings. The predicted molar refractivity (Wildman–Crippen MR) is 76.9 cm³/mol. The number of fused-ring (bicyclic) bond motifs is 1. The van der Waals surface area contributed by atoms with Crippen molar-refractivity contribution in [2.24, 2.45) is 5.92 Å². The van der Waals surface area contributed by atoms with E-state index in [-0.39, 0.29) is 11.2 Å². The van der Waals surface area contributed by atoms with Crippen LogP contribution in [-0.2, 0) is 10.0 Å². The van der Waals surface area contributed by atoms with E-state index in [4.69, 9.17) is 0 Å². The number of hydrogen-bond acceptors (Lipinski definition) is 5. The van der Waals surface area contributed by atoms with Crippen LogP contribution in [-0.4, -0.2) is 54.1 Å². The van der Waals surface area contributed by atoms with Gasteiger partial charge in [-0.15, -0.1) is 0 Å². The molecular formula is C13H20N4O2S. The van der Waals surface area contributed by atoms with Crippen LogP contribution in [0.5, 0.6) is 0 Å². The molecule has 3 rings (SSSR count). The molecule has 3 heterocycles. The zero-order chi connectivity index (χ0) is 14.2. The van der Waals surface area contributed by atoms with Crippen molar-refractivity contribution < 1.29 is 8.42 Å². The van der Waals surface area contributed by atoms with E-state index in [1.165, 1.54) is 0 Å². The Labute approximate surface area is 119 Å². The summed E-state index contributed by atoms with van der Waals surface area (Å²) in [5.41, 5.74) is 0.